The van der Waals surface area contributed by atoms with E-state index >= 15 is 0 Å². The highest BCUT2D eigenvalue weighted by Gasteiger charge is 2.25. The third-order valence-electron chi connectivity index (χ3n) is 12.5. The Bertz CT molecular complexity index is 3820. The number of benzene rings is 10. The monoisotopic (exact) mass is 792 g/mol. The van der Waals surface area contributed by atoms with Crippen molar-refractivity contribution >= 4 is 93.3 Å². The molecule has 62 heavy (non-hydrogen) atoms. The maximum atomic E-state index is 6.92. The van der Waals surface area contributed by atoms with Gasteiger partial charge in [0.25, 0.3) is 0 Å². The maximum Gasteiger partial charge on any atom is 0.227 e. The minimum absolute atomic E-state index is 0.587. The summed E-state index contributed by atoms with van der Waals surface area (Å²) in [5.74, 6) is 0.587. The van der Waals surface area contributed by atoms with E-state index in [1.807, 2.05) is 6.07 Å². The van der Waals surface area contributed by atoms with Crippen LogP contribution in [0.25, 0.3) is 99.1 Å². The average Bonchev–Trinajstić information content (AvgIpc) is 4.03. The van der Waals surface area contributed by atoms with E-state index in [0.29, 0.717) is 5.89 Å². The third-order valence-corrected chi connectivity index (χ3v) is 12.5. The van der Waals surface area contributed by atoms with Crippen LogP contribution in [0.4, 0.5) is 17.1 Å². The van der Waals surface area contributed by atoms with Gasteiger partial charge in [-0.3, -0.25) is 0 Å². The molecular weight excluding hydrogens is 757 g/mol. The molecule has 0 saturated carbocycles. The van der Waals surface area contributed by atoms with Gasteiger partial charge in [0.15, 0.2) is 5.58 Å². The molecule has 0 radical (unpaired) electrons. The Labute approximate surface area is 356 Å². The number of hydrogen-bond donors (Lipinski definition) is 0. The highest BCUT2D eigenvalue weighted by Crippen LogP contribution is 2.47. The van der Waals surface area contributed by atoms with Crippen LogP contribution in [0.1, 0.15) is 0 Å². The SMILES string of the molecule is c1ccc(-n2c3ccccc3c3c4ccccc4c(N(c4ccc(-n5c6ccccc6c6ccccc65)cc4)c4cccc5nc(-c6ccc7ccccc7c6)oc45)cc32)cc1. The Morgan fingerprint density at radius 3 is 1.71 bits per heavy atom. The fourth-order valence-electron chi connectivity index (χ4n) is 9.77. The zero-order valence-corrected chi connectivity index (χ0v) is 33.5. The number of hydrogen-bond acceptors (Lipinski definition) is 3. The smallest absolute Gasteiger partial charge is 0.227 e. The predicted octanol–water partition coefficient (Wildman–Crippen LogP) is 15.5. The number of oxazole rings is 1. The number of rotatable bonds is 6. The van der Waals surface area contributed by atoms with Crippen molar-refractivity contribution in [2.75, 3.05) is 4.90 Å². The topological polar surface area (TPSA) is 39.1 Å². The zero-order valence-electron chi connectivity index (χ0n) is 33.5. The third kappa shape index (κ3) is 5.18. The van der Waals surface area contributed by atoms with Crippen molar-refractivity contribution in [2.24, 2.45) is 0 Å². The lowest BCUT2D eigenvalue weighted by Gasteiger charge is -2.27. The molecular formula is C57H36N4O. The number of para-hydroxylation sites is 5. The van der Waals surface area contributed by atoms with Gasteiger partial charge < -0.3 is 18.5 Å². The van der Waals surface area contributed by atoms with Crippen LogP contribution in [0, 0.1) is 0 Å². The van der Waals surface area contributed by atoms with Gasteiger partial charge >= 0.3 is 0 Å². The molecule has 13 aromatic rings. The van der Waals surface area contributed by atoms with Gasteiger partial charge in [-0.1, -0.05) is 133 Å². The summed E-state index contributed by atoms with van der Waals surface area (Å²) in [6.45, 7) is 0. The van der Waals surface area contributed by atoms with Gasteiger partial charge in [-0.25, -0.2) is 4.98 Å². The first-order chi connectivity index (χ1) is 30.8. The summed E-state index contributed by atoms with van der Waals surface area (Å²) in [5.41, 5.74) is 12.2. The molecule has 0 amide bonds. The lowest BCUT2D eigenvalue weighted by molar-refractivity contribution is 0.620. The maximum absolute atomic E-state index is 6.92. The second-order valence-corrected chi connectivity index (χ2v) is 16.0. The van der Waals surface area contributed by atoms with Gasteiger partial charge in [-0.2, -0.15) is 0 Å². The molecule has 0 fully saturated rings. The Hall–Kier alpha value is -8.41. The number of nitrogens with zero attached hydrogens (tertiary/aromatic N) is 4. The number of anilines is 3. The zero-order chi connectivity index (χ0) is 40.7. The van der Waals surface area contributed by atoms with E-state index in [2.05, 4.69) is 226 Å². The summed E-state index contributed by atoms with van der Waals surface area (Å²) in [5, 5.41) is 9.55. The molecule has 3 aromatic heterocycles. The van der Waals surface area contributed by atoms with E-state index in [1.54, 1.807) is 0 Å². The minimum atomic E-state index is 0.587. The first-order valence-electron chi connectivity index (χ1n) is 21.0. The van der Waals surface area contributed by atoms with Crippen LogP contribution >= 0.6 is 0 Å². The summed E-state index contributed by atoms with van der Waals surface area (Å²) in [6.07, 6.45) is 0. The molecule has 0 atom stereocenters. The van der Waals surface area contributed by atoms with Crippen molar-refractivity contribution in [3.63, 3.8) is 0 Å². The van der Waals surface area contributed by atoms with Crippen molar-refractivity contribution < 1.29 is 4.42 Å². The van der Waals surface area contributed by atoms with Gasteiger partial charge in [0.2, 0.25) is 5.89 Å². The lowest BCUT2D eigenvalue weighted by atomic mass is 10.0. The second kappa shape index (κ2) is 13.6. The first-order valence-corrected chi connectivity index (χ1v) is 21.0. The Morgan fingerprint density at radius 1 is 0.387 bits per heavy atom. The number of aromatic nitrogens is 3. The van der Waals surface area contributed by atoms with E-state index in [0.717, 1.165) is 66.9 Å². The largest absolute Gasteiger partial charge is 0.434 e. The van der Waals surface area contributed by atoms with Gasteiger partial charge in [0.1, 0.15) is 5.52 Å². The van der Waals surface area contributed by atoms with Crippen LogP contribution in [-0.2, 0) is 0 Å². The van der Waals surface area contributed by atoms with Crippen LogP contribution in [0.15, 0.2) is 223 Å². The molecule has 0 bridgehead atoms. The predicted molar refractivity (Wildman–Crippen MR) is 258 cm³/mol. The molecule has 0 aliphatic rings. The molecule has 3 heterocycles. The van der Waals surface area contributed by atoms with Gasteiger partial charge in [-0.15, -0.1) is 0 Å². The van der Waals surface area contributed by atoms with Crippen molar-refractivity contribution in [2.45, 2.75) is 0 Å². The Morgan fingerprint density at radius 2 is 0.968 bits per heavy atom. The van der Waals surface area contributed by atoms with Crippen molar-refractivity contribution in [1.82, 2.24) is 14.1 Å². The van der Waals surface area contributed by atoms with Gasteiger partial charge in [0, 0.05) is 49.6 Å². The summed E-state index contributed by atoms with van der Waals surface area (Å²) in [4.78, 5) is 7.48. The van der Waals surface area contributed by atoms with Crippen molar-refractivity contribution in [3.05, 3.63) is 218 Å². The second-order valence-electron chi connectivity index (χ2n) is 16.0. The summed E-state index contributed by atoms with van der Waals surface area (Å²) < 4.78 is 11.7. The van der Waals surface area contributed by atoms with E-state index in [-0.39, 0.29) is 0 Å². The Balaban J connectivity index is 1.08. The normalized spacial score (nSPS) is 11.9. The lowest BCUT2D eigenvalue weighted by Crippen LogP contribution is -2.11. The Kier molecular flexibility index (Phi) is 7.54. The van der Waals surface area contributed by atoms with E-state index < -0.39 is 0 Å². The van der Waals surface area contributed by atoms with Crippen LogP contribution in [-0.4, -0.2) is 14.1 Å². The highest BCUT2D eigenvalue weighted by atomic mass is 16.3. The molecule has 290 valence electrons. The van der Waals surface area contributed by atoms with Crippen molar-refractivity contribution in [3.8, 4) is 22.8 Å². The molecule has 5 nitrogen and oxygen atoms in total. The summed E-state index contributed by atoms with van der Waals surface area (Å²) in [7, 11) is 0. The van der Waals surface area contributed by atoms with E-state index in [4.69, 9.17) is 9.40 Å². The number of fused-ring (bicyclic) bond motifs is 10. The average molecular weight is 793 g/mol. The molecule has 0 saturated heterocycles. The molecule has 5 heteroatoms. The minimum Gasteiger partial charge on any atom is -0.434 e. The molecule has 0 aliphatic carbocycles. The van der Waals surface area contributed by atoms with Gasteiger partial charge in [0.05, 0.1) is 33.4 Å². The molecule has 13 rings (SSSR count). The fraction of sp³-hybridized carbons (Fsp3) is 0. The van der Waals surface area contributed by atoms with Crippen LogP contribution < -0.4 is 4.90 Å². The standard InChI is InChI=1S/C57H36N4O/c1-2-17-40(18-3-1)60-51-27-13-10-23-47(51)55-46-22-7-6-21-45(46)53(36-54(55)60)61(42-33-31-41(32-34-42)59-49-25-11-8-19-43(49)44-20-9-12-26-50(44)59)52-28-14-24-48-56(52)62-57(58-48)39-30-29-37-15-4-5-16-38(37)35-39/h1-36H. The van der Waals surface area contributed by atoms with Crippen LogP contribution in [0.5, 0.6) is 0 Å². The highest BCUT2D eigenvalue weighted by molar-refractivity contribution is 6.25. The quantitative estimate of drug-likeness (QED) is 0.168. The molecule has 0 unspecified atom stereocenters. The fourth-order valence-corrected chi connectivity index (χ4v) is 9.77. The first kappa shape index (κ1) is 34.5. The van der Waals surface area contributed by atoms with Crippen LogP contribution in [0.2, 0.25) is 0 Å². The van der Waals surface area contributed by atoms with Crippen molar-refractivity contribution in [1.29, 1.82) is 0 Å². The van der Waals surface area contributed by atoms with E-state index in [9.17, 15) is 0 Å². The van der Waals surface area contributed by atoms with Crippen LogP contribution in [0.3, 0.4) is 0 Å². The summed E-state index contributed by atoms with van der Waals surface area (Å²) in [6, 6.07) is 78.0. The molecule has 0 spiro atoms. The summed E-state index contributed by atoms with van der Waals surface area (Å²) >= 11 is 0. The molecule has 0 aliphatic heterocycles. The molecule has 10 aromatic carbocycles. The van der Waals surface area contributed by atoms with Gasteiger partial charge in [-0.05, 0) is 101 Å². The molecule has 0 N–H and O–H groups in total. The van der Waals surface area contributed by atoms with E-state index in [1.165, 1.54) is 43.4 Å².